The van der Waals surface area contributed by atoms with Gasteiger partial charge in [0.05, 0.1) is 12.6 Å². The molecule has 1 rings (SSSR count). The van der Waals surface area contributed by atoms with E-state index in [-0.39, 0.29) is 6.10 Å². The van der Waals surface area contributed by atoms with E-state index >= 15 is 0 Å². The van der Waals surface area contributed by atoms with Gasteiger partial charge in [-0.3, -0.25) is 4.99 Å². The van der Waals surface area contributed by atoms with Gasteiger partial charge in [0.15, 0.2) is 5.96 Å². The molecule has 2 N–H and O–H groups in total. The zero-order valence-electron chi connectivity index (χ0n) is 14.2. The number of guanidine groups is 1. The van der Waals surface area contributed by atoms with Crippen LogP contribution < -0.4 is 10.6 Å². The van der Waals surface area contributed by atoms with Gasteiger partial charge in [-0.2, -0.15) is 0 Å². The van der Waals surface area contributed by atoms with Crippen molar-refractivity contribution in [3.8, 4) is 0 Å². The molecule has 1 fully saturated rings. The van der Waals surface area contributed by atoms with Crippen LogP contribution in [0, 0.1) is 0 Å². The molecule has 0 radical (unpaired) electrons. The lowest BCUT2D eigenvalue weighted by atomic mass is 10.2. The monoisotopic (exact) mass is 315 g/mol. The summed E-state index contributed by atoms with van der Waals surface area (Å²) < 4.78 is 16.0. The Hall–Kier alpha value is -0.850. The topological polar surface area (TPSA) is 64.1 Å². The summed E-state index contributed by atoms with van der Waals surface area (Å²) in [7, 11) is 1.74. The van der Waals surface area contributed by atoms with E-state index in [1.807, 2.05) is 6.92 Å². The molecular weight excluding hydrogens is 282 g/mol. The molecule has 1 saturated heterocycles. The first-order valence-electron chi connectivity index (χ1n) is 8.57. The fraction of sp³-hybridized carbons (Fsp3) is 0.938. The van der Waals surface area contributed by atoms with Crippen LogP contribution in [0.4, 0.5) is 0 Å². The summed E-state index contributed by atoms with van der Waals surface area (Å²) in [6, 6.07) is 0. The summed E-state index contributed by atoms with van der Waals surface area (Å²) in [5, 5.41) is 6.75. The van der Waals surface area contributed by atoms with E-state index in [0.717, 1.165) is 84.1 Å². The van der Waals surface area contributed by atoms with Gasteiger partial charge >= 0.3 is 0 Å². The minimum absolute atomic E-state index is 0.288. The number of hydrogen-bond acceptors (Lipinski definition) is 4. The van der Waals surface area contributed by atoms with Crippen LogP contribution in [0.1, 0.15) is 39.0 Å². The molecule has 22 heavy (non-hydrogen) atoms. The highest BCUT2D eigenvalue weighted by molar-refractivity contribution is 5.79. The highest BCUT2D eigenvalue weighted by Crippen LogP contribution is 2.11. The van der Waals surface area contributed by atoms with Crippen molar-refractivity contribution in [3.63, 3.8) is 0 Å². The number of aliphatic imine (C=N–C) groups is 1. The third kappa shape index (κ3) is 9.97. The van der Waals surface area contributed by atoms with Gasteiger partial charge in [-0.05, 0) is 39.0 Å². The number of unbranched alkanes of at least 4 members (excludes halogenated alkanes) is 1. The van der Waals surface area contributed by atoms with Crippen molar-refractivity contribution < 1.29 is 14.2 Å². The lowest BCUT2D eigenvalue weighted by Crippen LogP contribution is -2.39. The Morgan fingerprint density at radius 1 is 1.18 bits per heavy atom. The van der Waals surface area contributed by atoms with Gasteiger partial charge < -0.3 is 24.8 Å². The van der Waals surface area contributed by atoms with Crippen LogP contribution in [-0.4, -0.2) is 65.2 Å². The van der Waals surface area contributed by atoms with Crippen molar-refractivity contribution in [3.05, 3.63) is 0 Å². The average molecular weight is 315 g/mol. The molecule has 1 unspecified atom stereocenters. The predicted molar refractivity (Wildman–Crippen MR) is 89.5 cm³/mol. The van der Waals surface area contributed by atoms with Crippen molar-refractivity contribution >= 4 is 5.96 Å². The van der Waals surface area contributed by atoms with Gasteiger partial charge in [0, 0.05) is 46.6 Å². The SMILES string of the molecule is CCOCCCNC(=NCC1CCCO1)NCCCCOC. The van der Waals surface area contributed by atoms with E-state index in [1.165, 1.54) is 0 Å². The second kappa shape index (κ2) is 13.8. The Balaban J connectivity index is 2.23. The quantitative estimate of drug-likeness (QED) is 0.325. The molecule has 0 aliphatic carbocycles. The van der Waals surface area contributed by atoms with Crippen molar-refractivity contribution in [2.45, 2.75) is 45.1 Å². The van der Waals surface area contributed by atoms with Crippen LogP contribution >= 0.6 is 0 Å². The highest BCUT2D eigenvalue weighted by atomic mass is 16.5. The minimum Gasteiger partial charge on any atom is -0.385 e. The highest BCUT2D eigenvalue weighted by Gasteiger charge is 2.14. The second-order valence-electron chi connectivity index (χ2n) is 5.43. The van der Waals surface area contributed by atoms with Gasteiger partial charge in [0.25, 0.3) is 0 Å². The minimum atomic E-state index is 0.288. The Labute approximate surface area is 135 Å². The molecule has 1 atom stereocenters. The zero-order valence-corrected chi connectivity index (χ0v) is 14.2. The molecule has 0 saturated carbocycles. The third-order valence-corrected chi connectivity index (χ3v) is 3.51. The van der Waals surface area contributed by atoms with Crippen LogP contribution in [0.3, 0.4) is 0 Å². The summed E-state index contributed by atoms with van der Waals surface area (Å²) >= 11 is 0. The smallest absolute Gasteiger partial charge is 0.191 e. The first-order chi connectivity index (χ1) is 10.9. The molecule has 6 nitrogen and oxygen atoms in total. The first-order valence-corrected chi connectivity index (χ1v) is 8.57. The summed E-state index contributed by atoms with van der Waals surface area (Å²) in [6.45, 7) is 7.78. The van der Waals surface area contributed by atoms with Gasteiger partial charge in [0.2, 0.25) is 0 Å². The normalized spacial score (nSPS) is 18.6. The zero-order chi connectivity index (χ0) is 15.9. The summed E-state index contributed by atoms with van der Waals surface area (Å²) in [5.41, 5.74) is 0. The fourth-order valence-corrected chi connectivity index (χ4v) is 2.26. The van der Waals surface area contributed by atoms with E-state index in [0.29, 0.717) is 0 Å². The Kier molecular flexibility index (Phi) is 12.0. The number of rotatable bonds is 12. The maximum Gasteiger partial charge on any atom is 0.191 e. The molecule has 1 aliphatic heterocycles. The lowest BCUT2D eigenvalue weighted by molar-refractivity contribution is 0.117. The Morgan fingerprint density at radius 2 is 2.00 bits per heavy atom. The maximum absolute atomic E-state index is 5.62. The van der Waals surface area contributed by atoms with E-state index < -0.39 is 0 Å². The number of methoxy groups -OCH3 is 1. The van der Waals surface area contributed by atoms with Crippen LogP contribution in [0.25, 0.3) is 0 Å². The fourth-order valence-electron chi connectivity index (χ4n) is 2.26. The maximum atomic E-state index is 5.62. The lowest BCUT2D eigenvalue weighted by Gasteiger charge is -2.14. The number of nitrogens with zero attached hydrogens (tertiary/aromatic N) is 1. The molecule has 0 spiro atoms. The van der Waals surface area contributed by atoms with Crippen molar-refractivity contribution in [2.24, 2.45) is 4.99 Å². The number of ether oxygens (including phenoxy) is 3. The molecular formula is C16H33N3O3. The van der Waals surface area contributed by atoms with Crippen LogP contribution in [0.15, 0.2) is 4.99 Å². The van der Waals surface area contributed by atoms with Gasteiger partial charge in [-0.1, -0.05) is 0 Å². The van der Waals surface area contributed by atoms with Crippen LogP contribution in [0.2, 0.25) is 0 Å². The van der Waals surface area contributed by atoms with Crippen molar-refractivity contribution in [2.75, 3.05) is 53.2 Å². The number of hydrogen-bond donors (Lipinski definition) is 2. The average Bonchev–Trinajstić information content (AvgIpc) is 3.04. The van der Waals surface area contributed by atoms with Gasteiger partial charge in [0.1, 0.15) is 0 Å². The van der Waals surface area contributed by atoms with E-state index in [2.05, 4.69) is 15.6 Å². The first kappa shape index (κ1) is 19.2. The predicted octanol–water partition coefficient (Wildman–Crippen LogP) is 1.55. The Bertz CT molecular complexity index is 266. The molecule has 0 aromatic carbocycles. The molecule has 130 valence electrons. The van der Waals surface area contributed by atoms with E-state index in [1.54, 1.807) is 7.11 Å². The van der Waals surface area contributed by atoms with E-state index in [9.17, 15) is 0 Å². The van der Waals surface area contributed by atoms with Crippen molar-refractivity contribution in [1.82, 2.24) is 10.6 Å². The number of nitrogens with one attached hydrogen (secondary N) is 2. The third-order valence-electron chi connectivity index (χ3n) is 3.51. The van der Waals surface area contributed by atoms with E-state index in [4.69, 9.17) is 14.2 Å². The largest absolute Gasteiger partial charge is 0.385 e. The summed E-state index contributed by atoms with van der Waals surface area (Å²) in [6.07, 6.45) is 5.69. The summed E-state index contributed by atoms with van der Waals surface area (Å²) in [4.78, 5) is 4.64. The standard InChI is InChI=1S/C16H33N3O3/c1-3-21-12-7-10-18-16(17-9-4-5-11-20-2)19-14-15-8-6-13-22-15/h15H,3-14H2,1-2H3,(H2,17,18,19). The molecule has 6 heteroatoms. The molecule has 1 aliphatic rings. The van der Waals surface area contributed by atoms with Gasteiger partial charge in [-0.25, -0.2) is 0 Å². The van der Waals surface area contributed by atoms with Crippen molar-refractivity contribution in [1.29, 1.82) is 0 Å². The van der Waals surface area contributed by atoms with Gasteiger partial charge in [-0.15, -0.1) is 0 Å². The second-order valence-corrected chi connectivity index (χ2v) is 5.43. The summed E-state index contributed by atoms with van der Waals surface area (Å²) in [5.74, 6) is 0.879. The molecule has 0 bridgehead atoms. The van der Waals surface area contributed by atoms with Crippen LogP contribution in [-0.2, 0) is 14.2 Å². The molecule has 1 heterocycles. The molecule has 0 amide bonds. The molecule has 0 aromatic heterocycles. The Morgan fingerprint density at radius 3 is 2.68 bits per heavy atom. The van der Waals surface area contributed by atoms with Crippen LogP contribution in [0.5, 0.6) is 0 Å². The molecule has 0 aromatic rings.